The van der Waals surface area contributed by atoms with Crippen molar-refractivity contribution in [3.63, 3.8) is 0 Å². The van der Waals surface area contributed by atoms with Gasteiger partial charge in [0.25, 0.3) is 0 Å². The minimum absolute atomic E-state index is 0.0529. The quantitative estimate of drug-likeness (QED) is 0.851. The summed E-state index contributed by atoms with van der Waals surface area (Å²) < 4.78 is 23.1. The first-order valence-electron chi connectivity index (χ1n) is 5.12. The van der Waals surface area contributed by atoms with Crippen LogP contribution in [-0.4, -0.2) is 38.8 Å². The highest BCUT2D eigenvalue weighted by molar-refractivity contribution is 7.91. The average Bonchev–Trinajstić information content (AvgIpc) is 2.28. The van der Waals surface area contributed by atoms with E-state index in [-0.39, 0.29) is 17.2 Å². The molecule has 1 N–H and O–H groups in total. The maximum Gasteiger partial charge on any atom is 0.323 e. The van der Waals surface area contributed by atoms with Crippen molar-refractivity contribution in [1.82, 2.24) is 0 Å². The molecule has 5 nitrogen and oxygen atoms in total. The predicted molar refractivity (Wildman–Crippen MR) is 65.1 cm³/mol. The van der Waals surface area contributed by atoms with E-state index in [1.807, 2.05) is 0 Å². The Hall–Kier alpha value is -1.56. The molecule has 1 rings (SSSR count). The molecule has 1 aromatic carbocycles. The first-order valence-corrected chi connectivity index (χ1v) is 6.78. The fraction of sp³-hybridized carbons (Fsp3) is 0.364. The molecule has 1 aromatic rings. The van der Waals surface area contributed by atoms with Crippen LogP contribution in [0.1, 0.15) is 6.92 Å². The number of rotatable bonds is 5. The number of benzene rings is 1. The van der Waals surface area contributed by atoms with Crippen LogP contribution >= 0.6 is 0 Å². The van der Waals surface area contributed by atoms with E-state index in [1.54, 1.807) is 26.1 Å². The molecule has 0 radical (unpaired) electrons. The third kappa shape index (κ3) is 3.45. The van der Waals surface area contributed by atoms with Crippen molar-refractivity contribution in [1.29, 1.82) is 0 Å². The van der Waals surface area contributed by atoms with Crippen LogP contribution in [0.3, 0.4) is 0 Å². The number of hydrogen-bond donors (Lipinski definition) is 1. The van der Waals surface area contributed by atoms with Gasteiger partial charge in [0.2, 0.25) is 0 Å². The summed E-state index contributed by atoms with van der Waals surface area (Å²) in [4.78, 5) is 12.3. The van der Waals surface area contributed by atoms with Crippen molar-refractivity contribution in [3.05, 3.63) is 24.3 Å². The van der Waals surface area contributed by atoms with Crippen LogP contribution in [0, 0.1) is 0 Å². The van der Waals surface area contributed by atoms with Crippen LogP contribution in [0.15, 0.2) is 29.2 Å². The van der Waals surface area contributed by atoms with Gasteiger partial charge in [-0.05, 0) is 24.3 Å². The second-order valence-electron chi connectivity index (χ2n) is 3.65. The summed E-state index contributed by atoms with van der Waals surface area (Å²) in [5.41, 5.74) is 0.669. The number of nitrogens with zero attached hydrogens (tertiary/aromatic N) is 1. The Balaban J connectivity index is 2.92. The fourth-order valence-electron chi connectivity index (χ4n) is 1.37. The highest BCUT2D eigenvalue weighted by Gasteiger charge is 2.12. The lowest BCUT2D eigenvalue weighted by atomic mass is 10.3. The SMILES string of the molecule is CCS(=O)(=O)c1ccc(N(C)CC(=O)O)cc1. The zero-order valence-corrected chi connectivity index (χ0v) is 10.6. The van der Waals surface area contributed by atoms with Gasteiger partial charge in [0.15, 0.2) is 9.84 Å². The second kappa shape index (κ2) is 5.18. The third-order valence-corrected chi connectivity index (χ3v) is 4.14. The predicted octanol–water partition coefficient (Wildman–Crippen LogP) is 1.00. The highest BCUT2D eigenvalue weighted by atomic mass is 32.2. The summed E-state index contributed by atoms with van der Waals surface area (Å²) >= 11 is 0. The minimum Gasteiger partial charge on any atom is -0.480 e. The Labute approximate surface area is 101 Å². The Kier molecular flexibility index (Phi) is 4.11. The number of likely N-dealkylation sites (N-methyl/N-ethyl adjacent to an activating group) is 1. The van der Waals surface area contributed by atoms with Gasteiger partial charge in [0, 0.05) is 12.7 Å². The molecule has 0 aliphatic rings. The normalized spacial score (nSPS) is 11.2. The Morgan fingerprint density at radius 2 is 1.82 bits per heavy atom. The Bertz CT molecular complexity index is 493. The zero-order valence-electron chi connectivity index (χ0n) is 9.75. The molecule has 0 amide bonds. The topological polar surface area (TPSA) is 74.7 Å². The van der Waals surface area contributed by atoms with Crippen LogP contribution in [0.4, 0.5) is 5.69 Å². The lowest BCUT2D eigenvalue weighted by molar-refractivity contribution is -0.135. The lowest BCUT2D eigenvalue weighted by Crippen LogP contribution is -2.25. The van der Waals surface area contributed by atoms with E-state index in [4.69, 9.17) is 5.11 Å². The van der Waals surface area contributed by atoms with Gasteiger partial charge in [-0.3, -0.25) is 4.79 Å². The van der Waals surface area contributed by atoms with E-state index < -0.39 is 15.8 Å². The molecule has 0 fully saturated rings. The lowest BCUT2D eigenvalue weighted by Gasteiger charge is -2.16. The average molecular weight is 257 g/mol. The minimum atomic E-state index is -3.20. The smallest absolute Gasteiger partial charge is 0.323 e. The van der Waals surface area contributed by atoms with Crippen LogP contribution in [0.25, 0.3) is 0 Å². The number of sulfone groups is 1. The van der Waals surface area contributed by atoms with Gasteiger partial charge in [-0.2, -0.15) is 0 Å². The monoisotopic (exact) mass is 257 g/mol. The van der Waals surface area contributed by atoms with Gasteiger partial charge in [-0.1, -0.05) is 6.92 Å². The van der Waals surface area contributed by atoms with E-state index in [9.17, 15) is 13.2 Å². The Morgan fingerprint density at radius 1 is 1.29 bits per heavy atom. The van der Waals surface area contributed by atoms with Gasteiger partial charge in [0.1, 0.15) is 6.54 Å². The maximum atomic E-state index is 11.6. The van der Waals surface area contributed by atoms with Crippen LogP contribution in [0.2, 0.25) is 0 Å². The maximum absolute atomic E-state index is 11.6. The number of anilines is 1. The molecule has 0 spiro atoms. The number of carboxylic acids is 1. The van der Waals surface area contributed by atoms with E-state index in [1.165, 1.54) is 17.0 Å². The van der Waals surface area contributed by atoms with Crippen molar-refractivity contribution >= 4 is 21.5 Å². The number of carbonyl (C=O) groups is 1. The third-order valence-electron chi connectivity index (χ3n) is 2.39. The van der Waals surface area contributed by atoms with E-state index in [0.717, 1.165) is 0 Å². The summed E-state index contributed by atoms with van der Waals surface area (Å²) in [6.07, 6.45) is 0. The Morgan fingerprint density at radius 3 is 2.24 bits per heavy atom. The number of carboxylic acid groups (broad SMARTS) is 1. The van der Waals surface area contributed by atoms with Crippen LogP contribution in [0.5, 0.6) is 0 Å². The summed E-state index contributed by atoms with van der Waals surface area (Å²) in [7, 11) is -1.56. The number of hydrogen-bond acceptors (Lipinski definition) is 4. The van der Waals surface area contributed by atoms with Crippen molar-refractivity contribution in [2.75, 3.05) is 24.2 Å². The molecule has 17 heavy (non-hydrogen) atoms. The fourth-order valence-corrected chi connectivity index (χ4v) is 2.25. The second-order valence-corrected chi connectivity index (χ2v) is 5.93. The molecular formula is C11H15NO4S. The standard InChI is InChI=1S/C11H15NO4S/c1-3-17(15,16)10-6-4-9(5-7-10)12(2)8-11(13)14/h4-7H,3,8H2,1-2H3,(H,13,14). The van der Waals surface area contributed by atoms with Crippen molar-refractivity contribution in [2.24, 2.45) is 0 Å². The van der Waals surface area contributed by atoms with Crippen molar-refractivity contribution in [3.8, 4) is 0 Å². The van der Waals surface area contributed by atoms with Gasteiger partial charge in [-0.25, -0.2) is 8.42 Å². The molecule has 0 saturated carbocycles. The zero-order chi connectivity index (χ0) is 13.1. The molecule has 0 atom stereocenters. The first-order chi connectivity index (χ1) is 7.86. The van der Waals surface area contributed by atoms with Crippen molar-refractivity contribution < 1.29 is 18.3 Å². The molecule has 0 saturated heterocycles. The molecule has 0 aliphatic carbocycles. The van der Waals surface area contributed by atoms with E-state index >= 15 is 0 Å². The molecule has 6 heteroatoms. The van der Waals surface area contributed by atoms with Crippen LogP contribution < -0.4 is 4.90 Å². The van der Waals surface area contributed by atoms with Gasteiger partial charge in [-0.15, -0.1) is 0 Å². The molecule has 0 unspecified atom stereocenters. The summed E-state index contributed by atoms with van der Waals surface area (Å²) in [5, 5.41) is 8.63. The summed E-state index contributed by atoms with van der Waals surface area (Å²) in [6.45, 7) is 1.46. The van der Waals surface area contributed by atoms with Gasteiger partial charge < -0.3 is 10.0 Å². The van der Waals surface area contributed by atoms with E-state index in [2.05, 4.69) is 0 Å². The summed E-state index contributed by atoms with van der Waals surface area (Å²) in [6, 6.07) is 6.19. The van der Waals surface area contributed by atoms with Crippen LogP contribution in [-0.2, 0) is 14.6 Å². The van der Waals surface area contributed by atoms with E-state index in [0.29, 0.717) is 5.69 Å². The molecule has 94 valence electrons. The van der Waals surface area contributed by atoms with Crippen molar-refractivity contribution in [2.45, 2.75) is 11.8 Å². The summed E-state index contributed by atoms with van der Waals surface area (Å²) in [5.74, 6) is -0.880. The van der Waals surface area contributed by atoms with Gasteiger partial charge in [0.05, 0.1) is 10.6 Å². The van der Waals surface area contributed by atoms with Gasteiger partial charge >= 0.3 is 5.97 Å². The molecule has 0 aliphatic heterocycles. The molecule has 0 aromatic heterocycles. The molecule has 0 bridgehead atoms. The largest absolute Gasteiger partial charge is 0.480 e. The molecule has 0 heterocycles. The highest BCUT2D eigenvalue weighted by Crippen LogP contribution is 2.17. The first kappa shape index (κ1) is 13.5. The molecular weight excluding hydrogens is 242 g/mol. The number of aliphatic carboxylic acids is 1.